The van der Waals surface area contributed by atoms with Crippen LogP contribution in [0.4, 0.5) is 11.4 Å². The molecule has 9 heteroatoms. The van der Waals surface area contributed by atoms with Crippen LogP contribution in [0.3, 0.4) is 0 Å². The molecule has 220 valence electrons. The molecule has 42 heavy (non-hydrogen) atoms. The van der Waals surface area contributed by atoms with Crippen molar-refractivity contribution in [2.75, 3.05) is 62.6 Å². The fourth-order valence-electron chi connectivity index (χ4n) is 5.44. The number of nitrogens with zero attached hydrogens (tertiary/aromatic N) is 4. The third-order valence-corrected chi connectivity index (χ3v) is 7.94. The van der Waals surface area contributed by atoms with Crippen molar-refractivity contribution in [3.05, 3.63) is 89.2 Å². The number of amides is 3. The average molecular weight is 569 g/mol. The van der Waals surface area contributed by atoms with E-state index < -0.39 is 0 Å². The van der Waals surface area contributed by atoms with Gasteiger partial charge >= 0.3 is 0 Å². The van der Waals surface area contributed by atoms with Crippen molar-refractivity contribution in [1.29, 1.82) is 0 Å². The van der Waals surface area contributed by atoms with E-state index in [1.165, 1.54) is 0 Å². The number of anilines is 2. The van der Waals surface area contributed by atoms with E-state index in [9.17, 15) is 14.4 Å². The largest absolute Gasteiger partial charge is 0.368 e. The first-order valence-electron chi connectivity index (χ1n) is 14.7. The van der Waals surface area contributed by atoms with Crippen molar-refractivity contribution in [1.82, 2.24) is 20.1 Å². The van der Waals surface area contributed by atoms with Crippen molar-refractivity contribution < 1.29 is 14.4 Å². The predicted octanol–water partition coefficient (Wildman–Crippen LogP) is 4.03. The molecule has 0 unspecified atom stereocenters. The molecule has 2 fully saturated rings. The number of carbonyl (C=O) groups is 3. The van der Waals surface area contributed by atoms with E-state index in [0.29, 0.717) is 61.6 Å². The highest BCUT2D eigenvalue weighted by atomic mass is 16.2. The van der Waals surface area contributed by atoms with Crippen LogP contribution in [0.15, 0.2) is 67.0 Å². The van der Waals surface area contributed by atoms with E-state index in [0.717, 1.165) is 30.8 Å². The Bertz CT molecular complexity index is 1410. The smallest absolute Gasteiger partial charge is 0.255 e. The summed E-state index contributed by atoms with van der Waals surface area (Å²) < 4.78 is 0. The Morgan fingerprint density at radius 3 is 2.17 bits per heavy atom. The molecule has 0 saturated carbocycles. The second kappa shape index (κ2) is 12.7. The fraction of sp³-hybridized carbons (Fsp3) is 0.394. The minimum Gasteiger partial charge on any atom is -0.368 e. The molecule has 2 N–H and O–H groups in total. The Morgan fingerprint density at radius 2 is 1.48 bits per heavy atom. The summed E-state index contributed by atoms with van der Waals surface area (Å²) in [6.45, 7) is 11.7. The highest BCUT2D eigenvalue weighted by Gasteiger charge is 2.25. The minimum atomic E-state index is -0.230. The molecule has 5 rings (SSSR count). The van der Waals surface area contributed by atoms with Crippen LogP contribution in [0.25, 0.3) is 0 Å². The maximum Gasteiger partial charge on any atom is 0.255 e. The maximum atomic E-state index is 13.5. The van der Waals surface area contributed by atoms with Gasteiger partial charge in [-0.15, -0.1) is 0 Å². The van der Waals surface area contributed by atoms with Crippen LogP contribution >= 0.6 is 0 Å². The Labute approximate surface area is 247 Å². The number of pyridine rings is 1. The van der Waals surface area contributed by atoms with Crippen molar-refractivity contribution in [3.63, 3.8) is 0 Å². The zero-order valence-corrected chi connectivity index (χ0v) is 24.7. The monoisotopic (exact) mass is 568 g/mol. The number of hydrogen-bond acceptors (Lipinski definition) is 6. The second-order valence-electron chi connectivity index (χ2n) is 11.9. The lowest BCUT2D eigenvalue weighted by Gasteiger charge is -2.29. The van der Waals surface area contributed by atoms with Gasteiger partial charge in [0.1, 0.15) is 0 Å². The van der Waals surface area contributed by atoms with Gasteiger partial charge in [0.15, 0.2) is 0 Å². The van der Waals surface area contributed by atoms with E-state index in [2.05, 4.69) is 41.3 Å². The number of benzene rings is 2. The van der Waals surface area contributed by atoms with Gasteiger partial charge in [0.2, 0.25) is 0 Å². The van der Waals surface area contributed by atoms with E-state index >= 15 is 0 Å². The molecule has 2 aromatic carbocycles. The quantitative estimate of drug-likeness (QED) is 0.483. The first kappa shape index (κ1) is 29.3. The molecule has 0 aliphatic carbocycles. The van der Waals surface area contributed by atoms with Crippen LogP contribution in [0.2, 0.25) is 0 Å². The maximum absolute atomic E-state index is 13.5. The molecule has 1 aromatic heterocycles. The Balaban J connectivity index is 1.39. The summed E-state index contributed by atoms with van der Waals surface area (Å²) in [5.41, 5.74) is 4.24. The third kappa shape index (κ3) is 6.79. The highest BCUT2D eigenvalue weighted by molar-refractivity contribution is 6.07. The number of rotatable bonds is 5. The number of nitrogens with one attached hydrogen (secondary N) is 2. The van der Waals surface area contributed by atoms with Gasteiger partial charge in [0, 0.05) is 75.9 Å². The molecule has 0 bridgehead atoms. The summed E-state index contributed by atoms with van der Waals surface area (Å²) in [4.78, 5) is 49.9. The molecular formula is C33H40N6O3. The number of piperazine rings is 1. The summed E-state index contributed by atoms with van der Waals surface area (Å²) in [6, 6.07) is 16.8. The molecule has 2 aliphatic heterocycles. The SMILES string of the molecule is CC(C)(C)c1ccc(C(=O)Nc2cc(C(=O)N3CCNCC3)ccc2N2CCCN(C(=O)c3cccnc3)CC2)cc1. The minimum absolute atomic E-state index is 0.0140. The average Bonchev–Trinajstić information content (AvgIpc) is 3.27. The van der Waals surface area contributed by atoms with Gasteiger partial charge in [0.05, 0.1) is 16.9 Å². The van der Waals surface area contributed by atoms with Gasteiger partial charge in [-0.25, -0.2) is 0 Å². The molecule has 2 aliphatic rings. The Hall–Kier alpha value is -4.24. The van der Waals surface area contributed by atoms with Crippen molar-refractivity contribution in [2.45, 2.75) is 32.6 Å². The second-order valence-corrected chi connectivity index (χ2v) is 11.9. The Morgan fingerprint density at radius 1 is 0.786 bits per heavy atom. The van der Waals surface area contributed by atoms with Gasteiger partial charge < -0.3 is 25.3 Å². The van der Waals surface area contributed by atoms with Crippen LogP contribution in [-0.4, -0.2) is 84.9 Å². The van der Waals surface area contributed by atoms with Crippen LogP contribution in [-0.2, 0) is 5.41 Å². The van der Waals surface area contributed by atoms with Gasteiger partial charge in [-0.3, -0.25) is 19.4 Å². The molecule has 3 aromatic rings. The van der Waals surface area contributed by atoms with E-state index in [4.69, 9.17) is 0 Å². The molecular weight excluding hydrogens is 528 g/mol. The molecule has 0 radical (unpaired) electrons. The summed E-state index contributed by atoms with van der Waals surface area (Å²) in [5, 5.41) is 6.39. The number of aromatic nitrogens is 1. The normalized spacial score (nSPS) is 16.1. The van der Waals surface area contributed by atoms with Gasteiger partial charge in [-0.2, -0.15) is 0 Å². The molecule has 3 amide bonds. The van der Waals surface area contributed by atoms with Gasteiger partial charge in [0.25, 0.3) is 17.7 Å². The van der Waals surface area contributed by atoms with E-state index in [1.807, 2.05) is 46.2 Å². The number of hydrogen-bond donors (Lipinski definition) is 2. The van der Waals surface area contributed by atoms with Crippen molar-refractivity contribution in [2.24, 2.45) is 0 Å². The van der Waals surface area contributed by atoms with Gasteiger partial charge in [-0.1, -0.05) is 32.9 Å². The first-order valence-corrected chi connectivity index (χ1v) is 14.7. The zero-order valence-electron chi connectivity index (χ0n) is 24.7. The lowest BCUT2D eigenvalue weighted by atomic mass is 9.86. The molecule has 9 nitrogen and oxygen atoms in total. The number of carbonyl (C=O) groups excluding carboxylic acids is 3. The highest BCUT2D eigenvalue weighted by Crippen LogP contribution is 2.30. The summed E-state index contributed by atoms with van der Waals surface area (Å²) in [6.07, 6.45) is 4.03. The standard InChI is InChI=1S/C33H40N6O3/c1-33(2,3)27-10-7-24(8-11-27)30(40)36-28-22-25(31(41)39-18-14-34-15-19-39)9-12-29(28)37-16-5-17-38(21-20-37)32(42)26-6-4-13-35-23-26/h4,6-13,22-23,34H,5,14-21H2,1-3H3,(H,36,40). The van der Waals surface area contributed by atoms with Crippen LogP contribution in [0.5, 0.6) is 0 Å². The lowest BCUT2D eigenvalue weighted by molar-refractivity contribution is 0.0734. The zero-order chi connectivity index (χ0) is 29.7. The van der Waals surface area contributed by atoms with E-state index in [-0.39, 0.29) is 23.1 Å². The summed E-state index contributed by atoms with van der Waals surface area (Å²) in [7, 11) is 0. The molecule has 2 saturated heterocycles. The lowest BCUT2D eigenvalue weighted by Crippen LogP contribution is -2.46. The van der Waals surface area contributed by atoms with Crippen LogP contribution in [0, 0.1) is 0 Å². The van der Waals surface area contributed by atoms with Gasteiger partial charge in [-0.05, 0) is 59.9 Å². The van der Waals surface area contributed by atoms with E-state index in [1.54, 1.807) is 30.6 Å². The molecule has 3 heterocycles. The topological polar surface area (TPSA) is 97.9 Å². The van der Waals surface area contributed by atoms with Crippen molar-refractivity contribution >= 4 is 29.1 Å². The molecule has 0 atom stereocenters. The summed E-state index contributed by atoms with van der Waals surface area (Å²) in [5.74, 6) is -0.307. The van der Waals surface area contributed by atoms with Crippen LogP contribution in [0.1, 0.15) is 63.8 Å². The first-order chi connectivity index (χ1) is 20.2. The molecule has 0 spiro atoms. The van der Waals surface area contributed by atoms with Crippen molar-refractivity contribution in [3.8, 4) is 0 Å². The van der Waals surface area contributed by atoms with Crippen LogP contribution < -0.4 is 15.5 Å². The predicted molar refractivity (Wildman–Crippen MR) is 165 cm³/mol. The summed E-state index contributed by atoms with van der Waals surface area (Å²) >= 11 is 0. The Kier molecular flexibility index (Phi) is 8.87. The third-order valence-electron chi connectivity index (χ3n) is 7.94. The fourth-order valence-corrected chi connectivity index (χ4v) is 5.44.